The molecule has 0 aliphatic carbocycles. The summed E-state index contributed by atoms with van der Waals surface area (Å²) in [7, 11) is 0. The molecule has 1 fully saturated rings. The largest absolute Gasteiger partial charge is 0.492 e. The molecule has 1 aliphatic heterocycles. The molecule has 1 saturated heterocycles. The first kappa shape index (κ1) is 25.1. The molecule has 7 nitrogen and oxygen atoms in total. The minimum atomic E-state index is -0.409. The SMILES string of the molecule is CC(C)COc1ccc(Br)cc1C(=O)NC(=S)Nc1ccccc1C(=O)NCC1CCCO1. The molecule has 2 amide bonds. The molecular weight excluding hydrogens is 506 g/mol. The lowest BCUT2D eigenvalue weighted by Crippen LogP contribution is -2.36. The Hall–Kier alpha value is -2.49. The summed E-state index contributed by atoms with van der Waals surface area (Å²) in [5.41, 5.74) is 1.28. The molecule has 0 aromatic heterocycles. The number of carbonyl (C=O) groups excluding carboxylic acids is 2. The van der Waals surface area contributed by atoms with Gasteiger partial charge in [-0.15, -0.1) is 0 Å². The van der Waals surface area contributed by atoms with Crippen LogP contribution in [-0.4, -0.2) is 42.8 Å². The predicted molar refractivity (Wildman–Crippen MR) is 136 cm³/mol. The van der Waals surface area contributed by atoms with Gasteiger partial charge in [0.25, 0.3) is 11.8 Å². The zero-order valence-corrected chi connectivity index (χ0v) is 21.1. The lowest BCUT2D eigenvalue weighted by Gasteiger charge is -2.16. The first-order valence-corrected chi connectivity index (χ1v) is 12.1. The van der Waals surface area contributed by atoms with Crippen LogP contribution in [-0.2, 0) is 4.74 Å². The van der Waals surface area contributed by atoms with Crippen LogP contribution in [0.15, 0.2) is 46.9 Å². The van der Waals surface area contributed by atoms with Gasteiger partial charge in [0.2, 0.25) is 0 Å². The van der Waals surface area contributed by atoms with Crippen molar-refractivity contribution in [1.82, 2.24) is 10.6 Å². The van der Waals surface area contributed by atoms with Crippen molar-refractivity contribution in [3.8, 4) is 5.75 Å². The predicted octanol–water partition coefficient (Wildman–Crippen LogP) is 4.52. The third kappa shape index (κ3) is 7.52. The van der Waals surface area contributed by atoms with Crippen molar-refractivity contribution in [3.05, 3.63) is 58.1 Å². The summed E-state index contributed by atoms with van der Waals surface area (Å²) < 4.78 is 12.1. The molecule has 0 bridgehead atoms. The summed E-state index contributed by atoms with van der Waals surface area (Å²) >= 11 is 8.74. The molecule has 3 N–H and O–H groups in total. The minimum absolute atomic E-state index is 0.0479. The Morgan fingerprint density at radius 3 is 2.70 bits per heavy atom. The number of anilines is 1. The van der Waals surface area contributed by atoms with Gasteiger partial charge in [0.1, 0.15) is 5.75 Å². The Morgan fingerprint density at radius 1 is 1.18 bits per heavy atom. The van der Waals surface area contributed by atoms with Crippen LogP contribution in [0.1, 0.15) is 47.4 Å². The van der Waals surface area contributed by atoms with Crippen LogP contribution < -0.4 is 20.7 Å². The molecule has 1 unspecified atom stereocenters. The second-order valence-electron chi connectivity index (χ2n) is 8.14. The van der Waals surface area contributed by atoms with E-state index >= 15 is 0 Å². The fourth-order valence-corrected chi connectivity index (χ4v) is 3.85. The topological polar surface area (TPSA) is 88.7 Å². The number of ether oxygens (including phenoxy) is 2. The van der Waals surface area contributed by atoms with E-state index in [2.05, 4.69) is 31.9 Å². The van der Waals surface area contributed by atoms with Gasteiger partial charge in [-0.25, -0.2) is 0 Å². The van der Waals surface area contributed by atoms with Crippen LogP contribution >= 0.6 is 28.1 Å². The number of rotatable bonds is 8. The lowest BCUT2D eigenvalue weighted by molar-refractivity contribution is 0.0858. The smallest absolute Gasteiger partial charge is 0.261 e. The molecule has 2 aromatic carbocycles. The van der Waals surface area contributed by atoms with Crippen molar-refractivity contribution in [3.63, 3.8) is 0 Å². The quantitative estimate of drug-likeness (QED) is 0.432. The highest BCUT2D eigenvalue weighted by Crippen LogP contribution is 2.24. The van der Waals surface area contributed by atoms with Gasteiger partial charge in [0.05, 0.1) is 29.5 Å². The van der Waals surface area contributed by atoms with Crippen molar-refractivity contribution in [2.75, 3.05) is 25.1 Å². The van der Waals surface area contributed by atoms with Gasteiger partial charge < -0.3 is 20.1 Å². The van der Waals surface area contributed by atoms with Gasteiger partial charge in [-0.2, -0.15) is 0 Å². The van der Waals surface area contributed by atoms with Gasteiger partial charge in [-0.1, -0.05) is 41.9 Å². The fraction of sp³-hybridized carbons (Fsp3) is 0.375. The van der Waals surface area contributed by atoms with Gasteiger partial charge in [-0.3, -0.25) is 14.9 Å². The summed E-state index contributed by atoms with van der Waals surface area (Å²) in [5.74, 6) is 0.142. The monoisotopic (exact) mass is 533 g/mol. The van der Waals surface area contributed by atoms with Crippen LogP contribution in [0.25, 0.3) is 0 Å². The highest BCUT2D eigenvalue weighted by Gasteiger charge is 2.19. The second kappa shape index (κ2) is 12.1. The van der Waals surface area contributed by atoms with Gasteiger partial charge >= 0.3 is 0 Å². The highest BCUT2D eigenvalue weighted by molar-refractivity contribution is 9.10. The van der Waals surface area contributed by atoms with Crippen LogP contribution in [0.3, 0.4) is 0 Å². The van der Waals surface area contributed by atoms with Gasteiger partial charge in [-0.05, 0) is 61.3 Å². The van der Waals surface area contributed by atoms with E-state index in [1.807, 2.05) is 19.9 Å². The Kier molecular flexibility index (Phi) is 9.22. The Bertz CT molecular complexity index is 1010. The molecular formula is C24H28BrN3O4S. The molecule has 0 saturated carbocycles. The molecule has 9 heteroatoms. The standard InChI is InChI=1S/C24H28BrN3O4S/c1-15(2)14-32-21-10-9-16(25)12-19(21)23(30)28-24(33)27-20-8-4-3-7-18(20)22(29)26-13-17-6-5-11-31-17/h3-4,7-10,12,15,17H,5-6,11,13-14H2,1-2H3,(H,26,29)(H2,27,28,30,33). The Labute approximate surface area is 207 Å². The van der Waals surface area contributed by atoms with Crippen LogP contribution in [0.5, 0.6) is 5.75 Å². The first-order valence-electron chi connectivity index (χ1n) is 10.9. The van der Waals surface area contributed by atoms with Crippen LogP contribution in [0.4, 0.5) is 5.69 Å². The number of thiocarbonyl (C=S) groups is 1. The number of para-hydroxylation sites is 1. The zero-order valence-electron chi connectivity index (χ0n) is 18.7. The normalized spacial score (nSPS) is 15.2. The average Bonchev–Trinajstić information content (AvgIpc) is 3.30. The fourth-order valence-electron chi connectivity index (χ4n) is 3.28. The third-order valence-electron chi connectivity index (χ3n) is 4.92. The van der Waals surface area contributed by atoms with Crippen molar-refractivity contribution in [2.24, 2.45) is 5.92 Å². The number of hydrogen-bond acceptors (Lipinski definition) is 5. The van der Waals surface area contributed by atoms with Crippen LogP contribution in [0.2, 0.25) is 0 Å². The van der Waals surface area contributed by atoms with Gasteiger partial charge in [0.15, 0.2) is 5.11 Å². The molecule has 33 heavy (non-hydrogen) atoms. The van der Waals surface area contributed by atoms with E-state index in [4.69, 9.17) is 21.7 Å². The molecule has 0 radical (unpaired) electrons. The maximum Gasteiger partial charge on any atom is 0.261 e. The zero-order chi connectivity index (χ0) is 23.8. The molecule has 1 heterocycles. The van der Waals surface area contributed by atoms with E-state index in [9.17, 15) is 9.59 Å². The number of hydrogen-bond donors (Lipinski definition) is 3. The van der Waals surface area contributed by atoms with Crippen molar-refractivity contribution < 1.29 is 19.1 Å². The van der Waals surface area contributed by atoms with E-state index < -0.39 is 5.91 Å². The summed E-state index contributed by atoms with van der Waals surface area (Å²) in [6.45, 7) is 5.74. The number of amides is 2. The molecule has 0 spiro atoms. The lowest BCUT2D eigenvalue weighted by atomic mass is 10.1. The summed E-state index contributed by atoms with van der Waals surface area (Å²) in [6.07, 6.45) is 2.00. The highest BCUT2D eigenvalue weighted by atomic mass is 79.9. The summed E-state index contributed by atoms with van der Waals surface area (Å²) in [5, 5.41) is 8.61. The Morgan fingerprint density at radius 2 is 1.97 bits per heavy atom. The average molecular weight is 534 g/mol. The van der Waals surface area contributed by atoms with E-state index in [0.29, 0.717) is 41.6 Å². The van der Waals surface area contributed by atoms with E-state index in [1.165, 1.54) is 0 Å². The first-order chi connectivity index (χ1) is 15.8. The van der Waals surface area contributed by atoms with E-state index in [1.54, 1.807) is 36.4 Å². The summed E-state index contributed by atoms with van der Waals surface area (Å²) in [4.78, 5) is 25.6. The van der Waals surface area contributed by atoms with E-state index in [0.717, 1.165) is 23.9 Å². The third-order valence-corrected chi connectivity index (χ3v) is 5.62. The number of nitrogens with one attached hydrogen (secondary N) is 3. The number of benzene rings is 2. The molecule has 2 aromatic rings. The Balaban J connectivity index is 1.64. The van der Waals surface area contributed by atoms with Crippen molar-refractivity contribution in [2.45, 2.75) is 32.8 Å². The molecule has 176 valence electrons. The van der Waals surface area contributed by atoms with Gasteiger partial charge in [0, 0.05) is 17.6 Å². The maximum absolute atomic E-state index is 12.9. The van der Waals surface area contributed by atoms with Crippen molar-refractivity contribution >= 4 is 50.8 Å². The number of carbonyl (C=O) groups is 2. The van der Waals surface area contributed by atoms with Crippen molar-refractivity contribution in [1.29, 1.82) is 0 Å². The number of halogens is 1. The molecule has 1 atom stereocenters. The molecule has 3 rings (SSSR count). The second-order valence-corrected chi connectivity index (χ2v) is 9.47. The summed E-state index contributed by atoms with van der Waals surface area (Å²) in [6, 6.07) is 12.2. The maximum atomic E-state index is 12.9. The minimum Gasteiger partial charge on any atom is -0.492 e. The molecule has 1 aliphatic rings. The van der Waals surface area contributed by atoms with Crippen LogP contribution in [0, 0.1) is 5.92 Å². The van der Waals surface area contributed by atoms with E-state index in [-0.39, 0.29) is 17.1 Å².